The summed E-state index contributed by atoms with van der Waals surface area (Å²) in [5.74, 6) is 0.845. The van der Waals surface area contributed by atoms with E-state index in [0.29, 0.717) is 13.0 Å². The van der Waals surface area contributed by atoms with Crippen molar-refractivity contribution in [3.63, 3.8) is 0 Å². The minimum atomic E-state index is -0.458. The van der Waals surface area contributed by atoms with E-state index in [1.807, 2.05) is 13.8 Å². The molecular weight excluding hydrogens is 212 g/mol. The largest absolute Gasteiger partial charge is 0.355 e. The van der Waals surface area contributed by atoms with Crippen LogP contribution in [0.15, 0.2) is 0 Å². The molecule has 0 bridgehead atoms. The second kappa shape index (κ2) is 6.64. The van der Waals surface area contributed by atoms with Crippen molar-refractivity contribution < 1.29 is 4.79 Å². The predicted octanol–water partition coefficient (Wildman–Crippen LogP) is 3.01. The minimum Gasteiger partial charge on any atom is -0.355 e. The van der Waals surface area contributed by atoms with Gasteiger partial charge in [-0.05, 0) is 26.2 Å². The van der Waals surface area contributed by atoms with Crippen molar-refractivity contribution in [1.82, 2.24) is 5.32 Å². The zero-order valence-electron chi connectivity index (χ0n) is 11.1. The molecule has 0 aromatic heterocycles. The van der Waals surface area contributed by atoms with Crippen LogP contribution < -0.4 is 5.32 Å². The van der Waals surface area contributed by atoms with Gasteiger partial charge >= 0.3 is 0 Å². The molecule has 1 aliphatic carbocycles. The predicted molar refractivity (Wildman–Crippen MR) is 68.2 cm³/mol. The van der Waals surface area contributed by atoms with Crippen LogP contribution in [0.2, 0.25) is 0 Å². The third kappa shape index (κ3) is 5.72. The van der Waals surface area contributed by atoms with Crippen LogP contribution in [-0.4, -0.2) is 12.5 Å². The van der Waals surface area contributed by atoms with Gasteiger partial charge in [0.05, 0.1) is 11.5 Å². The Balaban J connectivity index is 2.15. The fourth-order valence-corrected chi connectivity index (χ4v) is 2.26. The Morgan fingerprint density at radius 3 is 2.59 bits per heavy atom. The molecule has 1 amide bonds. The standard InChI is InChI=1S/C14H24N2O/c1-14(2,10-15)11-16-13(17)9-8-12-6-4-3-5-7-12/h12H,3-9,11H2,1-2H3,(H,16,17). The van der Waals surface area contributed by atoms with Crippen LogP contribution in [0, 0.1) is 22.7 Å². The number of hydrogen-bond donors (Lipinski definition) is 1. The van der Waals surface area contributed by atoms with E-state index >= 15 is 0 Å². The normalized spacial score (nSPS) is 17.5. The van der Waals surface area contributed by atoms with Gasteiger partial charge in [0.15, 0.2) is 0 Å². The molecule has 0 saturated heterocycles. The topological polar surface area (TPSA) is 52.9 Å². The molecule has 0 aliphatic heterocycles. The van der Waals surface area contributed by atoms with E-state index in [0.717, 1.165) is 12.3 Å². The van der Waals surface area contributed by atoms with Crippen LogP contribution in [0.1, 0.15) is 58.8 Å². The lowest BCUT2D eigenvalue weighted by Crippen LogP contribution is -2.33. The average Bonchev–Trinajstić information content (AvgIpc) is 2.35. The first-order valence-corrected chi connectivity index (χ1v) is 6.71. The summed E-state index contributed by atoms with van der Waals surface area (Å²) in [6.45, 7) is 4.13. The summed E-state index contributed by atoms with van der Waals surface area (Å²) < 4.78 is 0. The number of nitrogens with one attached hydrogen (secondary N) is 1. The Labute approximate surface area is 105 Å². The van der Waals surface area contributed by atoms with Gasteiger partial charge in [-0.15, -0.1) is 0 Å². The SMILES string of the molecule is CC(C)(C#N)CNC(=O)CCC1CCCCC1. The first-order valence-electron chi connectivity index (χ1n) is 6.71. The van der Waals surface area contributed by atoms with Crippen LogP contribution >= 0.6 is 0 Å². The highest BCUT2D eigenvalue weighted by molar-refractivity contribution is 5.75. The van der Waals surface area contributed by atoms with Crippen molar-refractivity contribution in [2.45, 2.75) is 58.8 Å². The fourth-order valence-electron chi connectivity index (χ4n) is 2.26. The Kier molecular flexibility index (Phi) is 5.47. The summed E-state index contributed by atoms with van der Waals surface area (Å²) in [6.07, 6.45) is 8.22. The van der Waals surface area contributed by atoms with Crippen molar-refractivity contribution in [3.8, 4) is 6.07 Å². The van der Waals surface area contributed by atoms with Crippen molar-refractivity contribution in [2.24, 2.45) is 11.3 Å². The van der Waals surface area contributed by atoms with E-state index < -0.39 is 5.41 Å². The second-order valence-corrected chi connectivity index (χ2v) is 5.82. The quantitative estimate of drug-likeness (QED) is 0.797. The Hall–Kier alpha value is -1.04. The summed E-state index contributed by atoms with van der Waals surface area (Å²) in [5, 5.41) is 11.7. The summed E-state index contributed by atoms with van der Waals surface area (Å²) in [7, 11) is 0. The molecule has 1 N–H and O–H groups in total. The number of amides is 1. The van der Waals surface area contributed by atoms with Crippen LogP contribution in [0.3, 0.4) is 0 Å². The molecule has 3 nitrogen and oxygen atoms in total. The lowest BCUT2D eigenvalue weighted by Gasteiger charge is -2.21. The molecule has 1 rings (SSSR count). The first kappa shape index (κ1) is 14.0. The van der Waals surface area contributed by atoms with Gasteiger partial charge in [0.25, 0.3) is 0 Å². The van der Waals surface area contributed by atoms with E-state index in [1.54, 1.807) is 0 Å². The van der Waals surface area contributed by atoms with E-state index in [1.165, 1.54) is 32.1 Å². The smallest absolute Gasteiger partial charge is 0.220 e. The third-order valence-corrected chi connectivity index (χ3v) is 3.53. The number of rotatable bonds is 5. The molecule has 1 saturated carbocycles. The molecule has 3 heteroatoms. The highest BCUT2D eigenvalue weighted by Gasteiger charge is 2.18. The summed E-state index contributed by atoms with van der Waals surface area (Å²) in [6, 6.07) is 2.19. The Bertz CT molecular complexity index is 285. The van der Waals surface area contributed by atoms with E-state index in [4.69, 9.17) is 5.26 Å². The zero-order chi connectivity index (χ0) is 12.7. The molecule has 0 aromatic rings. The Morgan fingerprint density at radius 2 is 2.00 bits per heavy atom. The molecular formula is C14H24N2O. The minimum absolute atomic E-state index is 0.0962. The summed E-state index contributed by atoms with van der Waals surface area (Å²) in [4.78, 5) is 11.6. The maximum absolute atomic E-state index is 11.6. The van der Waals surface area contributed by atoms with Crippen molar-refractivity contribution in [1.29, 1.82) is 5.26 Å². The summed E-state index contributed by atoms with van der Waals surface area (Å²) >= 11 is 0. The number of nitrogens with zero attached hydrogens (tertiary/aromatic N) is 1. The van der Waals surface area contributed by atoms with Crippen LogP contribution in [-0.2, 0) is 4.79 Å². The number of hydrogen-bond acceptors (Lipinski definition) is 2. The molecule has 0 atom stereocenters. The number of nitriles is 1. The lowest BCUT2D eigenvalue weighted by molar-refractivity contribution is -0.121. The molecule has 17 heavy (non-hydrogen) atoms. The van der Waals surface area contributed by atoms with Gasteiger partial charge < -0.3 is 5.32 Å². The van der Waals surface area contributed by atoms with Crippen LogP contribution in [0.4, 0.5) is 0 Å². The van der Waals surface area contributed by atoms with Crippen molar-refractivity contribution in [2.75, 3.05) is 6.54 Å². The molecule has 0 aromatic carbocycles. The highest BCUT2D eigenvalue weighted by atomic mass is 16.1. The van der Waals surface area contributed by atoms with Crippen molar-refractivity contribution in [3.05, 3.63) is 0 Å². The second-order valence-electron chi connectivity index (χ2n) is 5.82. The van der Waals surface area contributed by atoms with Gasteiger partial charge in [0.2, 0.25) is 5.91 Å². The third-order valence-electron chi connectivity index (χ3n) is 3.53. The van der Waals surface area contributed by atoms with E-state index in [-0.39, 0.29) is 5.91 Å². The molecule has 0 radical (unpaired) electrons. The van der Waals surface area contributed by atoms with Gasteiger partial charge in [-0.25, -0.2) is 0 Å². The zero-order valence-corrected chi connectivity index (χ0v) is 11.1. The van der Waals surface area contributed by atoms with Crippen LogP contribution in [0.25, 0.3) is 0 Å². The maximum Gasteiger partial charge on any atom is 0.220 e. The maximum atomic E-state index is 11.6. The highest BCUT2D eigenvalue weighted by Crippen LogP contribution is 2.27. The van der Waals surface area contributed by atoms with Crippen molar-refractivity contribution >= 4 is 5.91 Å². The van der Waals surface area contributed by atoms with Gasteiger partial charge in [-0.3, -0.25) is 4.79 Å². The molecule has 1 aliphatic rings. The molecule has 0 unspecified atom stereocenters. The molecule has 96 valence electrons. The van der Waals surface area contributed by atoms with E-state index in [2.05, 4.69) is 11.4 Å². The van der Waals surface area contributed by atoms with Gasteiger partial charge in [-0.2, -0.15) is 5.26 Å². The molecule has 1 fully saturated rings. The van der Waals surface area contributed by atoms with Gasteiger partial charge in [-0.1, -0.05) is 32.1 Å². The fraction of sp³-hybridized carbons (Fsp3) is 0.857. The summed E-state index contributed by atoms with van der Waals surface area (Å²) in [5.41, 5.74) is -0.458. The average molecular weight is 236 g/mol. The monoisotopic (exact) mass is 236 g/mol. The van der Waals surface area contributed by atoms with Gasteiger partial charge in [0, 0.05) is 13.0 Å². The number of carbonyl (C=O) groups excluding carboxylic acids is 1. The van der Waals surface area contributed by atoms with E-state index in [9.17, 15) is 4.79 Å². The Morgan fingerprint density at radius 1 is 1.35 bits per heavy atom. The molecule has 0 heterocycles. The van der Waals surface area contributed by atoms with Crippen LogP contribution in [0.5, 0.6) is 0 Å². The number of carbonyl (C=O) groups is 1. The first-order chi connectivity index (χ1) is 8.03. The lowest BCUT2D eigenvalue weighted by atomic mass is 9.86. The van der Waals surface area contributed by atoms with Gasteiger partial charge in [0.1, 0.15) is 0 Å². The molecule has 0 spiro atoms.